The first-order valence-corrected chi connectivity index (χ1v) is 6.94. The molecule has 0 aliphatic carbocycles. The van der Waals surface area contributed by atoms with Crippen molar-refractivity contribution in [2.75, 3.05) is 18.8 Å². The number of hydrogen-bond acceptors (Lipinski definition) is 3. The quantitative estimate of drug-likeness (QED) is 0.868. The first-order valence-electron chi connectivity index (χ1n) is 5.89. The second kappa shape index (κ2) is 5.56. The van der Waals surface area contributed by atoms with Crippen LogP contribution in [-0.4, -0.2) is 34.9 Å². The van der Waals surface area contributed by atoms with Crippen molar-refractivity contribution in [3.8, 4) is 0 Å². The van der Waals surface area contributed by atoms with E-state index in [4.69, 9.17) is 5.73 Å². The van der Waals surface area contributed by atoms with E-state index in [9.17, 15) is 4.79 Å². The van der Waals surface area contributed by atoms with Crippen LogP contribution in [0.1, 0.15) is 18.5 Å². The summed E-state index contributed by atoms with van der Waals surface area (Å²) in [6.45, 7) is 3.77. The van der Waals surface area contributed by atoms with Crippen molar-refractivity contribution in [1.82, 2.24) is 4.90 Å². The van der Waals surface area contributed by atoms with Crippen molar-refractivity contribution in [1.29, 1.82) is 0 Å². The summed E-state index contributed by atoms with van der Waals surface area (Å²) >= 11 is 1.91. The Bertz CT molecular complexity index is 382. The third kappa shape index (κ3) is 3.01. The van der Waals surface area contributed by atoms with Crippen LogP contribution in [0.15, 0.2) is 30.3 Å². The highest BCUT2D eigenvalue weighted by atomic mass is 32.2. The molecule has 1 aromatic rings. The number of benzene rings is 1. The molecule has 1 amide bonds. The molecule has 1 aliphatic rings. The Kier molecular flexibility index (Phi) is 4.07. The molecule has 2 N–H and O–H groups in total. The molecule has 0 bridgehead atoms. The number of carbonyl (C=O) groups is 1. The maximum absolute atomic E-state index is 12.2. The van der Waals surface area contributed by atoms with Gasteiger partial charge in [-0.3, -0.25) is 4.79 Å². The summed E-state index contributed by atoms with van der Waals surface area (Å²) in [5.74, 6) is 1.05. The van der Waals surface area contributed by atoms with Gasteiger partial charge in [-0.25, -0.2) is 0 Å². The lowest BCUT2D eigenvalue weighted by Gasteiger charge is -2.32. The fraction of sp³-hybridized carbons (Fsp3) is 0.462. The van der Waals surface area contributed by atoms with Crippen LogP contribution in [0.5, 0.6) is 0 Å². The molecule has 2 rings (SSSR count). The number of rotatable bonds is 2. The van der Waals surface area contributed by atoms with Crippen molar-refractivity contribution in [3.05, 3.63) is 35.9 Å². The number of nitrogens with zero attached hydrogens (tertiary/aromatic N) is 1. The summed E-state index contributed by atoms with van der Waals surface area (Å²) in [6, 6.07) is 9.05. The number of thioether (sulfide) groups is 1. The van der Waals surface area contributed by atoms with E-state index >= 15 is 0 Å². The molecule has 1 saturated heterocycles. The Labute approximate surface area is 106 Å². The minimum atomic E-state index is -0.522. The van der Waals surface area contributed by atoms with Crippen LogP contribution in [0, 0.1) is 0 Å². The molecule has 0 saturated carbocycles. The van der Waals surface area contributed by atoms with Crippen molar-refractivity contribution in [2.24, 2.45) is 5.73 Å². The molecule has 1 heterocycles. The number of carbonyl (C=O) groups excluding carboxylic acids is 1. The standard InChI is InChI=1S/C13H18N2OS/c1-10-9-15(7-8-17-10)13(16)12(14)11-5-3-2-4-6-11/h2-6,10,12H,7-9,14H2,1H3. The SMILES string of the molecule is CC1CN(C(=O)C(N)c2ccccc2)CCS1. The average molecular weight is 250 g/mol. The summed E-state index contributed by atoms with van der Waals surface area (Å²) in [5.41, 5.74) is 6.91. The first kappa shape index (κ1) is 12.5. The summed E-state index contributed by atoms with van der Waals surface area (Å²) in [7, 11) is 0. The zero-order valence-corrected chi connectivity index (χ0v) is 10.8. The maximum atomic E-state index is 12.2. The maximum Gasteiger partial charge on any atom is 0.244 e. The number of nitrogens with two attached hydrogens (primary N) is 1. The Morgan fingerprint density at radius 3 is 2.82 bits per heavy atom. The minimum absolute atomic E-state index is 0.0448. The van der Waals surface area contributed by atoms with E-state index in [0.29, 0.717) is 5.25 Å². The molecule has 1 aromatic carbocycles. The van der Waals surface area contributed by atoms with Crippen LogP contribution >= 0.6 is 11.8 Å². The van der Waals surface area contributed by atoms with Crippen molar-refractivity contribution >= 4 is 17.7 Å². The lowest BCUT2D eigenvalue weighted by Crippen LogP contribution is -2.45. The average Bonchev–Trinajstić information content (AvgIpc) is 2.38. The van der Waals surface area contributed by atoms with Gasteiger partial charge in [-0.05, 0) is 5.56 Å². The van der Waals surface area contributed by atoms with Crippen LogP contribution in [-0.2, 0) is 4.79 Å². The van der Waals surface area contributed by atoms with Gasteiger partial charge in [0.15, 0.2) is 0 Å². The van der Waals surface area contributed by atoms with Crippen molar-refractivity contribution in [3.63, 3.8) is 0 Å². The Balaban J connectivity index is 2.04. The van der Waals surface area contributed by atoms with E-state index in [1.54, 1.807) is 0 Å². The van der Waals surface area contributed by atoms with Crippen LogP contribution in [0.3, 0.4) is 0 Å². The van der Waals surface area contributed by atoms with Gasteiger partial charge in [0, 0.05) is 24.1 Å². The van der Waals surface area contributed by atoms with Gasteiger partial charge in [-0.2, -0.15) is 11.8 Å². The van der Waals surface area contributed by atoms with E-state index in [0.717, 1.165) is 24.4 Å². The summed E-state index contributed by atoms with van der Waals surface area (Å²) in [4.78, 5) is 14.1. The highest BCUT2D eigenvalue weighted by molar-refractivity contribution is 7.99. The molecule has 2 atom stereocenters. The third-order valence-electron chi connectivity index (χ3n) is 2.98. The van der Waals surface area contributed by atoms with Gasteiger partial charge in [0.2, 0.25) is 5.91 Å². The minimum Gasteiger partial charge on any atom is -0.339 e. The predicted octanol–water partition coefficient (Wildman–Crippen LogP) is 1.65. The molecule has 0 radical (unpaired) electrons. The molecule has 1 fully saturated rings. The van der Waals surface area contributed by atoms with E-state index in [2.05, 4.69) is 6.92 Å². The van der Waals surface area contributed by atoms with Gasteiger partial charge in [0.1, 0.15) is 6.04 Å². The van der Waals surface area contributed by atoms with E-state index in [1.807, 2.05) is 47.0 Å². The van der Waals surface area contributed by atoms with Crippen LogP contribution in [0.4, 0.5) is 0 Å². The van der Waals surface area contributed by atoms with Crippen molar-refractivity contribution < 1.29 is 4.79 Å². The van der Waals surface area contributed by atoms with Crippen LogP contribution in [0.2, 0.25) is 0 Å². The van der Waals surface area contributed by atoms with Crippen molar-refractivity contribution in [2.45, 2.75) is 18.2 Å². The summed E-state index contributed by atoms with van der Waals surface area (Å²) in [6.07, 6.45) is 0. The zero-order valence-electron chi connectivity index (χ0n) is 10.0. The highest BCUT2D eigenvalue weighted by Gasteiger charge is 2.26. The smallest absolute Gasteiger partial charge is 0.244 e. The summed E-state index contributed by atoms with van der Waals surface area (Å²) < 4.78 is 0. The first-order chi connectivity index (χ1) is 8.18. The van der Waals surface area contributed by atoms with E-state index in [-0.39, 0.29) is 5.91 Å². The molecule has 2 unspecified atom stereocenters. The molecule has 92 valence electrons. The fourth-order valence-corrected chi connectivity index (χ4v) is 3.03. The largest absolute Gasteiger partial charge is 0.339 e. The highest BCUT2D eigenvalue weighted by Crippen LogP contribution is 2.21. The van der Waals surface area contributed by atoms with Gasteiger partial charge >= 0.3 is 0 Å². The molecule has 1 aliphatic heterocycles. The molecular weight excluding hydrogens is 232 g/mol. The molecule has 0 spiro atoms. The second-order valence-corrected chi connectivity index (χ2v) is 5.90. The Hall–Kier alpha value is -1.00. The fourth-order valence-electron chi connectivity index (χ4n) is 2.02. The van der Waals surface area contributed by atoms with Crippen LogP contribution in [0.25, 0.3) is 0 Å². The van der Waals surface area contributed by atoms with Gasteiger partial charge in [-0.15, -0.1) is 0 Å². The second-order valence-electron chi connectivity index (χ2n) is 4.35. The van der Waals surface area contributed by atoms with Gasteiger partial charge in [0.05, 0.1) is 0 Å². The monoisotopic (exact) mass is 250 g/mol. The Morgan fingerprint density at radius 1 is 1.47 bits per heavy atom. The van der Waals surface area contributed by atoms with Gasteiger partial charge < -0.3 is 10.6 Å². The van der Waals surface area contributed by atoms with E-state index in [1.165, 1.54) is 0 Å². The molecular formula is C13H18N2OS. The van der Waals surface area contributed by atoms with Gasteiger partial charge in [-0.1, -0.05) is 37.3 Å². The third-order valence-corrected chi connectivity index (χ3v) is 4.11. The molecule has 4 heteroatoms. The number of hydrogen-bond donors (Lipinski definition) is 1. The molecule has 3 nitrogen and oxygen atoms in total. The zero-order chi connectivity index (χ0) is 12.3. The topological polar surface area (TPSA) is 46.3 Å². The molecule has 0 aromatic heterocycles. The number of amides is 1. The normalized spacial score (nSPS) is 22.2. The predicted molar refractivity (Wildman–Crippen MR) is 71.9 cm³/mol. The Morgan fingerprint density at radius 2 is 2.18 bits per heavy atom. The lowest BCUT2D eigenvalue weighted by atomic mass is 10.1. The summed E-state index contributed by atoms with van der Waals surface area (Å²) in [5, 5.41) is 0.510. The van der Waals surface area contributed by atoms with Gasteiger partial charge in [0.25, 0.3) is 0 Å². The molecule has 17 heavy (non-hydrogen) atoms. The van der Waals surface area contributed by atoms with E-state index < -0.39 is 6.04 Å². The van der Waals surface area contributed by atoms with Crippen LogP contribution < -0.4 is 5.73 Å². The lowest BCUT2D eigenvalue weighted by molar-refractivity contribution is -0.132.